The first-order valence-electron chi connectivity index (χ1n) is 8.05. The number of rotatable bonds is 5. The molecule has 0 unspecified atom stereocenters. The van der Waals surface area contributed by atoms with Gasteiger partial charge < -0.3 is 5.32 Å². The van der Waals surface area contributed by atoms with Gasteiger partial charge in [0.2, 0.25) is 5.95 Å². The van der Waals surface area contributed by atoms with Crippen LogP contribution in [0, 0.1) is 30.6 Å². The maximum absolute atomic E-state index is 9.24. The molecule has 0 radical (unpaired) electrons. The predicted octanol–water partition coefficient (Wildman–Crippen LogP) is 3.46. The lowest BCUT2D eigenvalue weighted by Crippen LogP contribution is -2.09. The maximum atomic E-state index is 9.24. The molecule has 126 valence electrons. The smallest absolute Gasteiger partial charge is 0.228 e. The second-order valence-corrected chi connectivity index (χ2v) is 7.31. The van der Waals surface area contributed by atoms with Gasteiger partial charge in [0.05, 0.1) is 35.6 Å². The van der Waals surface area contributed by atoms with Gasteiger partial charge in [-0.15, -0.1) is 0 Å². The standard InChI is InChI=1S/C17H17N7S/c1-11-6-19-16(21-14-5-12(2)23-25-14)22-15(11)13-7-20-24(8-13)10-17(9-18)3-4-17/h5-8H,3-4,10H2,1-2H3,(H,19,21,22). The van der Waals surface area contributed by atoms with E-state index in [-0.39, 0.29) is 5.41 Å². The minimum Gasteiger partial charge on any atom is -0.314 e. The fourth-order valence-corrected chi connectivity index (χ4v) is 3.32. The van der Waals surface area contributed by atoms with E-state index >= 15 is 0 Å². The molecule has 1 fully saturated rings. The summed E-state index contributed by atoms with van der Waals surface area (Å²) in [7, 11) is 0. The Hall–Kier alpha value is -2.79. The van der Waals surface area contributed by atoms with Crippen LogP contribution >= 0.6 is 11.5 Å². The van der Waals surface area contributed by atoms with Crippen molar-refractivity contribution in [2.75, 3.05) is 5.32 Å². The first-order valence-corrected chi connectivity index (χ1v) is 8.82. The molecule has 0 atom stereocenters. The number of nitrogens with one attached hydrogen (secondary N) is 1. The van der Waals surface area contributed by atoms with E-state index in [1.165, 1.54) is 11.5 Å². The van der Waals surface area contributed by atoms with Crippen molar-refractivity contribution in [3.63, 3.8) is 0 Å². The van der Waals surface area contributed by atoms with E-state index in [9.17, 15) is 5.26 Å². The zero-order chi connectivity index (χ0) is 17.4. The largest absolute Gasteiger partial charge is 0.314 e. The van der Waals surface area contributed by atoms with Crippen molar-refractivity contribution in [2.24, 2.45) is 5.41 Å². The molecular weight excluding hydrogens is 334 g/mol. The zero-order valence-electron chi connectivity index (χ0n) is 14.0. The van der Waals surface area contributed by atoms with Crippen LogP contribution in [0.3, 0.4) is 0 Å². The number of nitrogens with zero attached hydrogens (tertiary/aromatic N) is 6. The summed E-state index contributed by atoms with van der Waals surface area (Å²) in [5.74, 6) is 0.535. The van der Waals surface area contributed by atoms with Gasteiger partial charge in [0.15, 0.2) is 0 Å². The van der Waals surface area contributed by atoms with Gasteiger partial charge in [0, 0.05) is 18.0 Å². The number of hydrogen-bond donors (Lipinski definition) is 1. The Balaban J connectivity index is 1.58. The van der Waals surface area contributed by atoms with E-state index in [2.05, 4.69) is 30.8 Å². The third-order valence-corrected chi connectivity index (χ3v) is 5.09. The Morgan fingerprint density at radius 2 is 2.20 bits per heavy atom. The Morgan fingerprint density at radius 3 is 2.88 bits per heavy atom. The number of hydrogen-bond acceptors (Lipinski definition) is 7. The van der Waals surface area contributed by atoms with E-state index < -0.39 is 0 Å². The van der Waals surface area contributed by atoms with Gasteiger partial charge in [-0.25, -0.2) is 9.97 Å². The zero-order valence-corrected chi connectivity index (χ0v) is 14.8. The summed E-state index contributed by atoms with van der Waals surface area (Å²) >= 11 is 1.38. The van der Waals surface area contributed by atoms with E-state index in [4.69, 9.17) is 0 Å². The minimum atomic E-state index is -0.221. The second kappa shape index (κ2) is 5.93. The van der Waals surface area contributed by atoms with Crippen molar-refractivity contribution in [1.82, 2.24) is 24.1 Å². The topological polar surface area (TPSA) is 92.3 Å². The molecule has 0 aliphatic heterocycles. The molecule has 0 saturated heterocycles. The van der Waals surface area contributed by atoms with Crippen LogP contribution in [0.2, 0.25) is 0 Å². The summed E-state index contributed by atoms with van der Waals surface area (Å²) in [6.07, 6.45) is 7.45. The predicted molar refractivity (Wildman–Crippen MR) is 95.4 cm³/mol. The van der Waals surface area contributed by atoms with Crippen LogP contribution in [-0.4, -0.2) is 24.1 Å². The number of nitriles is 1. The molecule has 0 bridgehead atoms. The van der Waals surface area contributed by atoms with Gasteiger partial charge in [-0.3, -0.25) is 4.68 Å². The fraction of sp³-hybridized carbons (Fsp3) is 0.353. The normalized spacial score (nSPS) is 14.9. The Kier molecular flexibility index (Phi) is 3.73. The first kappa shape index (κ1) is 15.7. The van der Waals surface area contributed by atoms with Gasteiger partial charge in [-0.05, 0) is 49.9 Å². The van der Waals surface area contributed by atoms with E-state index in [0.717, 1.165) is 40.4 Å². The summed E-state index contributed by atoms with van der Waals surface area (Å²) in [4.78, 5) is 8.98. The molecule has 8 heteroatoms. The highest BCUT2D eigenvalue weighted by Crippen LogP contribution is 2.46. The van der Waals surface area contributed by atoms with Crippen LogP contribution in [0.1, 0.15) is 24.1 Å². The highest BCUT2D eigenvalue weighted by molar-refractivity contribution is 7.10. The second-order valence-electron chi connectivity index (χ2n) is 6.50. The molecule has 3 aromatic rings. The molecule has 3 heterocycles. The highest BCUT2D eigenvalue weighted by Gasteiger charge is 2.43. The van der Waals surface area contributed by atoms with Crippen LogP contribution in [0.4, 0.5) is 10.9 Å². The van der Waals surface area contributed by atoms with E-state index in [1.807, 2.05) is 30.8 Å². The SMILES string of the molecule is Cc1cc(Nc2ncc(C)c(-c3cnn(CC4(C#N)CC4)c3)n2)sn1. The van der Waals surface area contributed by atoms with Crippen LogP contribution in [0.15, 0.2) is 24.7 Å². The van der Waals surface area contributed by atoms with Gasteiger partial charge in [-0.2, -0.15) is 14.7 Å². The number of anilines is 2. The summed E-state index contributed by atoms with van der Waals surface area (Å²) in [6.45, 7) is 4.56. The van der Waals surface area contributed by atoms with Crippen LogP contribution in [0.5, 0.6) is 0 Å². The number of aryl methyl sites for hydroxylation is 2. The van der Waals surface area contributed by atoms with Crippen molar-refractivity contribution >= 4 is 22.5 Å². The van der Waals surface area contributed by atoms with Crippen LogP contribution < -0.4 is 5.32 Å². The van der Waals surface area contributed by atoms with Gasteiger partial charge in [0.25, 0.3) is 0 Å². The van der Waals surface area contributed by atoms with Crippen molar-refractivity contribution in [3.05, 3.63) is 35.9 Å². The summed E-state index contributed by atoms with van der Waals surface area (Å²) in [5, 5.41) is 17.7. The average molecular weight is 351 g/mol. The first-order chi connectivity index (χ1) is 12.1. The maximum Gasteiger partial charge on any atom is 0.228 e. The molecule has 0 spiro atoms. The van der Waals surface area contributed by atoms with E-state index in [0.29, 0.717) is 12.5 Å². The lowest BCUT2D eigenvalue weighted by Gasteiger charge is -2.07. The molecule has 1 aliphatic rings. The lowest BCUT2D eigenvalue weighted by atomic mass is 10.1. The Bertz CT molecular complexity index is 962. The quantitative estimate of drug-likeness (QED) is 0.757. The third-order valence-electron chi connectivity index (χ3n) is 4.30. The monoisotopic (exact) mass is 351 g/mol. The molecule has 4 rings (SSSR count). The third kappa shape index (κ3) is 3.23. The van der Waals surface area contributed by atoms with E-state index in [1.54, 1.807) is 12.4 Å². The Morgan fingerprint density at radius 1 is 1.36 bits per heavy atom. The van der Waals surface area contributed by atoms with Gasteiger partial charge in [-0.1, -0.05) is 0 Å². The molecule has 0 aromatic carbocycles. The lowest BCUT2D eigenvalue weighted by molar-refractivity contribution is 0.486. The van der Waals surface area contributed by atoms with Crippen molar-refractivity contribution < 1.29 is 0 Å². The molecular formula is C17H17N7S. The molecule has 1 aliphatic carbocycles. The molecule has 1 N–H and O–H groups in total. The number of aromatic nitrogens is 5. The summed E-state index contributed by atoms with van der Waals surface area (Å²) < 4.78 is 6.09. The fourth-order valence-electron chi connectivity index (χ4n) is 2.67. The van der Waals surface area contributed by atoms with Crippen molar-refractivity contribution in [1.29, 1.82) is 5.26 Å². The minimum absolute atomic E-state index is 0.221. The molecule has 0 amide bonds. The van der Waals surface area contributed by atoms with Gasteiger partial charge in [0.1, 0.15) is 5.00 Å². The van der Waals surface area contributed by atoms with Crippen molar-refractivity contribution in [3.8, 4) is 17.3 Å². The molecule has 3 aromatic heterocycles. The summed E-state index contributed by atoms with van der Waals surface area (Å²) in [6, 6.07) is 4.36. The molecule has 25 heavy (non-hydrogen) atoms. The van der Waals surface area contributed by atoms with Crippen LogP contribution in [-0.2, 0) is 6.54 Å². The van der Waals surface area contributed by atoms with Crippen molar-refractivity contribution in [2.45, 2.75) is 33.2 Å². The van der Waals surface area contributed by atoms with Gasteiger partial charge >= 0.3 is 0 Å². The van der Waals surface area contributed by atoms with Crippen LogP contribution in [0.25, 0.3) is 11.3 Å². The molecule has 1 saturated carbocycles. The summed E-state index contributed by atoms with van der Waals surface area (Å²) in [5.41, 5.74) is 3.49. The highest BCUT2D eigenvalue weighted by atomic mass is 32.1. The average Bonchev–Trinajstić information content (AvgIpc) is 3.01. The Labute approximate surface area is 149 Å². The molecule has 7 nitrogen and oxygen atoms in total.